The molecule has 1 amide bonds. The van der Waals surface area contributed by atoms with Gasteiger partial charge in [0.25, 0.3) is 5.91 Å². The van der Waals surface area contributed by atoms with Gasteiger partial charge < -0.3 is 9.64 Å². The van der Waals surface area contributed by atoms with Gasteiger partial charge in [-0.3, -0.25) is 4.79 Å². The van der Waals surface area contributed by atoms with Crippen molar-refractivity contribution in [1.82, 2.24) is 4.90 Å². The van der Waals surface area contributed by atoms with E-state index >= 15 is 0 Å². The molecule has 0 aromatic heterocycles. The summed E-state index contributed by atoms with van der Waals surface area (Å²) >= 11 is 8.25. The van der Waals surface area contributed by atoms with Crippen LogP contribution in [0.15, 0.2) is 78.9 Å². The van der Waals surface area contributed by atoms with E-state index in [0.29, 0.717) is 10.8 Å². The minimum atomic E-state index is 0.0664. The van der Waals surface area contributed by atoms with E-state index in [-0.39, 0.29) is 5.91 Å². The highest BCUT2D eigenvalue weighted by Gasteiger charge is 2.24. The normalized spacial score (nSPS) is 16.9. The molecule has 1 fully saturated rings. The van der Waals surface area contributed by atoms with Gasteiger partial charge in [0.15, 0.2) is 0 Å². The number of nitrogens with zero attached hydrogens (tertiary/aromatic N) is 1. The summed E-state index contributed by atoms with van der Waals surface area (Å²) in [5, 5.41) is 1.13. The monoisotopic (exact) mass is 423 g/mol. The minimum absolute atomic E-state index is 0.0664. The molecule has 0 radical (unpaired) electrons. The van der Waals surface area contributed by atoms with Crippen LogP contribution in [0.5, 0.6) is 11.5 Å². The van der Waals surface area contributed by atoms with Crippen LogP contribution in [0.25, 0.3) is 0 Å². The maximum atomic E-state index is 13.0. The predicted molar refractivity (Wildman–Crippen MR) is 120 cm³/mol. The van der Waals surface area contributed by atoms with E-state index in [1.165, 1.54) is 0 Å². The van der Waals surface area contributed by atoms with Crippen LogP contribution in [-0.4, -0.2) is 29.6 Å². The van der Waals surface area contributed by atoms with Gasteiger partial charge in [0.1, 0.15) is 11.5 Å². The Hall–Kier alpha value is -2.43. The lowest BCUT2D eigenvalue weighted by Gasteiger charge is -2.20. The fraction of sp³-hybridized carbons (Fsp3) is 0.208. The first kappa shape index (κ1) is 19.9. The highest BCUT2D eigenvalue weighted by molar-refractivity contribution is 7.99. The van der Waals surface area contributed by atoms with E-state index < -0.39 is 0 Å². The summed E-state index contributed by atoms with van der Waals surface area (Å²) in [6, 6.07) is 25.0. The first-order valence-corrected chi connectivity index (χ1v) is 11.1. The Balaban J connectivity index is 1.40. The van der Waals surface area contributed by atoms with Crippen molar-refractivity contribution in [2.45, 2.75) is 11.7 Å². The van der Waals surface area contributed by atoms with E-state index in [0.717, 1.165) is 47.3 Å². The highest BCUT2D eigenvalue weighted by atomic mass is 35.5. The molecule has 0 saturated carbocycles. The van der Waals surface area contributed by atoms with Gasteiger partial charge in [-0.25, -0.2) is 0 Å². The number of halogens is 1. The van der Waals surface area contributed by atoms with Crippen molar-refractivity contribution in [3.8, 4) is 11.5 Å². The number of rotatable bonds is 4. The van der Waals surface area contributed by atoms with Crippen LogP contribution in [0.4, 0.5) is 0 Å². The average molecular weight is 424 g/mol. The summed E-state index contributed by atoms with van der Waals surface area (Å²) in [7, 11) is 0. The van der Waals surface area contributed by atoms with E-state index in [1.54, 1.807) is 0 Å². The Kier molecular flexibility index (Phi) is 6.43. The van der Waals surface area contributed by atoms with Crippen molar-refractivity contribution in [2.75, 3.05) is 18.8 Å². The molecule has 0 aliphatic carbocycles. The number of amides is 1. The summed E-state index contributed by atoms with van der Waals surface area (Å²) in [6.07, 6.45) is 0.898. The molecule has 1 unspecified atom stereocenters. The number of thioether (sulfide) groups is 1. The molecule has 29 heavy (non-hydrogen) atoms. The molecule has 0 bridgehead atoms. The van der Waals surface area contributed by atoms with Crippen LogP contribution in [0, 0.1) is 0 Å². The fourth-order valence-electron chi connectivity index (χ4n) is 3.43. The van der Waals surface area contributed by atoms with Crippen LogP contribution in [0.1, 0.15) is 27.6 Å². The van der Waals surface area contributed by atoms with Gasteiger partial charge >= 0.3 is 0 Å². The van der Waals surface area contributed by atoms with Gasteiger partial charge in [-0.15, -0.1) is 0 Å². The van der Waals surface area contributed by atoms with E-state index in [1.807, 2.05) is 89.5 Å². The number of hydrogen-bond donors (Lipinski definition) is 0. The summed E-state index contributed by atoms with van der Waals surface area (Å²) < 4.78 is 5.81. The summed E-state index contributed by atoms with van der Waals surface area (Å²) in [5.74, 6) is 2.47. The minimum Gasteiger partial charge on any atom is -0.457 e. The van der Waals surface area contributed by atoms with Gasteiger partial charge in [-0.2, -0.15) is 11.8 Å². The van der Waals surface area contributed by atoms with Gasteiger partial charge in [0.05, 0.1) is 0 Å². The molecule has 0 spiro atoms. The van der Waals surface area contributed by atoms with E-state index in [9.17, 15) is 4.79 Å². The number of hydrogen-bond acceptors (Lipinski definition) is 3. The highest BCUT2D eigenvalue weighted by Crippen LogP contribution is 2.38. The molecule has 1 heterocycles. The summed E-state index contributed by atoms with van der Waals surface area (Å²) in [6.45, 7) is 1.47. The first-order chi connectivity index (χ1) is 14.2. The second kappa shape index (κ2) is 9.38. The number of carbonyl (C=O) groups excluding carboxylic acids is 1. The largest absolute Gasteiger partial charge is 0.457 e. The molecule has 5 heteroatoms. The van der Waals surface area contributed by atoms with Crippen LogP contribution < -0.4 is 4.74 Å². The third-order valence-corrected chi connectivity index (χ3v) is 6.62. The lowest BCUT2D eigenvalue weighted by atomic mass is 10.1. The Morgan fingerprint density at radius 3 is 2.34 bits per heavy atom. The molecule has 3 aromatic carbocycles. The van der Waals surface area contributed by atoms with Crippen molar-refractivity contribution < 1.29 is 9.53 Å². The number of benzene rings is 3. The Morgan fingerprint density at radius 1 is 0.897 bits per heavy atom. The molecule has 148 valence electrons. The van der Waals surface area contributed by atoms with Crippen molar-refractivity contribution in [3.63, 3.8) is 0 Å². The standard InChI is InChI=1S/C24H22ClNO2S/c25-22-9-5-4-8-21(22)23-14-15-26(16-17-29-23)24(27)18-10-12-20(13-11-18)28-19-6-2-1-3-7-19/h1-13,23H,14-17H2. The zero-order valence-electron chi connectivity index (χ0n) is 16.0. The third-order valence-electron chi connectivity index (χ3n) is 4.96. The second-order valence-corrected chi connectivity index (χ2v) is 8.62. The number of ether oxygens (including phenoxy) is 1. The van der Waals surface area contributed by atoms with Gasteiger partial charge in [-0.05, 0) is 54.4 Å². The van der Waals surface area contributed by atoms with Crippen LogP contribution in [-0.2, 0) is 0 Å². The molecule has 1 saturated heterocycles. The van der Waals surface area contributed by atoms with Gasteiger partial charge in [-0.1, -0.05) is 48.0 Å². The lowest BCUT2D eigenvalue weighted by Crippen LogP contribution is -2.32. The maximum absolute atomic E-state index is 13.0. The average Bonchev–Trinajstić information content (AvgIpc) is 3.01. The molecular formula is C24H22ClNO2S. The van der Waals surface area contributed by atoms with Gasteiger partial charge in [0, 0.05) is 34.7 Å². The van der Waals surface area contributed by atoms with E-state index in [4.69, 9.17) is 16.3 Å². The molecule has 0 N–H and O–H groups in total. The third kappa shape index (κ3) is 4.95. The molecule has 3 aromatic rings. The molecule has 3 nitrogen and oxygen atoms in total. The van der Waals surface area contributed by atoms with Crippen molar-refractivity contribution >= 4 is 29.3 Å². The number of para-hydroxylation sites is 1. The lowest BCUT2D eigenvalue weighted by molar-refractivity contribution is 0.0766. The quantitative estimate of drug-likeness (QED) is 0.482. The zero-order chi connectivity index (χ0) is 20.1. The van der Waals surface area contributed by atoms with Gasteiger partial charge in [0.2, 0.25) is 0 Å². The Morgan fingerprint density at radius 2 is 1.59 bits per heavy atom. The van der Waals surface area contributed by atoms with Crippen molar-refractivity contribution in [2.24, 2.45) is 0 Å². The van der Waals surface area contributed by atoms with Crippen LogP contribution >= 0.6 is 23.4 Å². The Labute approximate surface area is 180 Å². The van der Waals surface area contributed by atoms with Crippen LogP contribution in [0.2, 0.25) is 5.02 Å². The Bertz CT molecular complexity index is 962. The molecule has 1 atom stereocenters. The second-order valence-electron chi connectivity index (χ2n) is 6.90. The van der Waals surface area contributed by atoms with Crippen molar-refractivity contribution in [3.05, 3.63) is 95.0 Å². The van der Waals surface area contributed by atoms with Crippen LogP contribution in [0.3, 0.4) is 0 Å². The molecule has 4 rings (SSSR count). The molecule has 1 aliphatic heterocycles. The molecular weight excluding hydrogens is 402 g/mol. The summed E-state index contributed by atoms with van der Waals surface area (Å²) in [5.41, 5.74) is 1.85. The SMILES string of the molecule is O=C(c1ccc(Oc2ccccc2)cc1)N1CCSC(c2ccccc2Cl)CC1. The van der Waals surface area contributed by atoms with Crippen molar-refractivity contribution in [1.29, 1.82) is 0 Å². The smallest absolute Gasteiger partial charge is 0.253 e. The van der Waals surface area contributed by atoms with E-state index in [2.05, 4.69) is 6.07 Å². The maximum Gasteiger partial charge on any atom is 0.253 e. The fourth-order valence-corrected chi connectivity index (χ4v) is 5.03. The number of carbonyl (C=O) groups is 1. The first-order valence-electron chi connectivity index (χ1n) is 9.69. The summed E-state index contributed by atoms with van der Waals surface area (Å²) in [4.78, 5) is 14.9. The zero-order valence-corrected chi connectivity index (χ0v) is 17.5. The predicted octanol–water partition coefficient (Wildman–Crippen LogP) is 6.45. The topological polar surface area (TPSA) is 29.5 Å². The molecule has 1 aliphatic rings.